The van der Waals surface area contributed by atoms with Crippen molar-refractivity contribution in [1.29, 1.82) is 0 Å². The van der Waals surface area contributed by atoms with E-state index in [2.05, 4.69) is 24.7 Å². The lowest BCUT2D eigenvalue weighted by molar-refractivity contribution is 0.187. The average Bonchev–Trinajstić information content (AvgIpc) is 3.62. The molecule has 9 heteroatoms. The van der Waals surface area contributed by atoms with Crippen LogP contribution in [0.1, 0.15) is 19.4 Å². The molecule has 1 aliphatic rings. The van der Waals surface area contributed by atoms with Gasteiger partial charge in [-0.15, -0.1) is 5.10 Å². The van der Waals surface area contributed by atoms with Crippen LogP contribution in [0.15, 0.2) is 49.2 Å². The molecule has 6 rings (SSSR count). The Bertz CT molecular complexity index is 1520. The van der Waals surface area contributed by atoms with Gasteiger partial charge in [-0.25, -0.2) is 14.4 Å². The topological polar surface area (TPSA) is 79.9 Å². The van der Waals surface area contributed by atoms with Crippen LogP contribution in [-0.4, -0.2) is 49.6 Å². The normalized spacial score (nSPS) is 16.0. The number of benzene rings is 2. The minimum absolute atomic E-state index is 0.241. The van der Waals surface area contributed by atoms with Crippen molar-refractivity contribution in [2.24, 2.45) is 0 Å². The quantitative estimate of drug-likeness (QED) is 0.382. The Morgan fingerprint density at radius 2 is 1.97 bits per heavy atom. The van der Waals surface area contributed by atoms with Crippen LogP contribution in [0.4, 0.5) is 4.39 Å². The van der Waals surface area contributed by atoms with Gasteiger partial charge in [0.05, 0.1) is 44.1 Å². The number of ether oxygens (including phenoxy) is 2. The fourth-order valence-electron chi connectivity index (χ4n) is 4.74. The molecule has 3 aromatic heterocycles. The maximum Gasteiger partial charge on any atom is 0.183 e. The molecule has 5 aromatic rings. The number of nitrogens with zero attached hydrogens (tertiary/aromatic N) is 6. The summed E-state index contributed by atoms with van der Waals surface area (Å²) in [6.45, 7) is 4.16. The average molecular weight is 458 g/mol. The van der Waals surface area contributed by atoms with E-state index < -0.39 is 0 Å². The van der Waals surface area contributed by atoms with E-state index in [4.69, 9.17) is 9.47 Å². The number of aromatic nitrogens is 6. The molecule has 0 amide bonds. The number of aryl methyl sites for hydroxylation is 1. The van der Waals surface area contributed by atoms with E-state index in [1.54, 1.807) is 25.7 Å². The first-order valence-corrected chi connectivity index (χ1v) is 11.3. The molecule has 0 aliphatic carbocycles. The van der Waals surface area contributed by atoms with E-state index in [1.807, 2.05) is 36.0 Å². The Labute approximate surface area is 195 Å². The molecule has 2 aromatic carbocycles. The Hall–Kier alpha value is -3.85. The van der Waals surface area contributed by atoms with E-state index in [0.29, 0.717) is 34.6 Å². The first-order valence-electron chi connectivity index (χ1n) is 11.3. The molecule has 8 nitrogen and oxygen atoms in total. The third-order valence-corrected chi connectivity index (χ3v) is 6.52. The lowest BCUT2D eigenvalue weighted by Crippen LogP contribution is -2.07. The molecule has 1 aliphatic heterocycles. The summed E-state index contributed by atoms with van der Waals surface area (Å²) >= 11 is 0. The summed E-state index contributed by atoms with van der Waals surface area (Å²) < 4.78 is 30.5. The first-order chi connectivity index (χ1) is 16.7. The molecular weight excluding hydrogens is 435 g/mol. The first kappa shape index (κ1) is 20.7. The molecule has 0 bridgehead atoms. The number of halogens is 1. The minimum atomic E-state index is -0.345. The van der Waals surface area contributed by atoms with Gasteiger partial charge < -0.3 is 18.6 Å². The van der Waals surface area contributed by atoms with E-state index in [9.17, 15) is 0 Å². The summed E-state index contributed by atoms with van der Waals surface area (Å²) in [7, 11) is 1.59. The fourth-order valence-corrected chi connectivity index (χ4v) is 4.74. The van der Waals surface area contributed by atoms with Crippen LogP contribution in [-0.2, 0) is 11.3 Å². The molecule has 1 fully saturated rings. The van der Waals surface area contributed by atoms with Crippen molar-refractivity contribution in [2.45, 2.75) is 25.9 Å². The lowest BCUT2D eigenvalue weighted by Gasteiger charge is -2.14. The number of rotatable bonds is 5. The molecule has 1 atom stereocenters. The van der Waals surface area contributed by atoms with Crippen LogP contribution in [0.25, 0.3) is 44.5 Å². The van der Waals surface area contributed by atoms with E-state index in [0.717, 1.165) is 41.7 Å². The molecule has 4 heterocycles. The van der Waals surface area contributed by atoms with E-state index >= 15 is 4.39 Å². The third-order valence-electron chi connectivity index (χ3n) is 6.52. The maximum absolute atomic E-state index is 15.2. The summed E-state index contributed by atoms with van der Waals surface area (Å²) in [6.07, 6.45) is 6.16. The molecular formula is C25H23FN6O2. The molecule has 172 valence electrons. The third kappa shape index (κ3) is 3.15. The predicted molar refractivity (Wildman–Crippen MR) is 126 cm³/mol. The lowest BCUT2D eigenvalue weighted by atomic mass is 9.98. The van der Waals surface area contributed by atoms with Gasteiger partial charge >= 0.3 is 0 Å². The molecule has 34 heavy (non-hydrogen) atoms. The van der Waals surface area contributed by atoms with Gasteiger partial charge in [-0.2, -0.15) is 5.10 Å². The zero-order valence-electron chi connectivity index (χ0n) is 18.9. The van der Waals surface area contributed by atoms with Crippen LogP contribution in [0.3, 0.4) is 0 Å². The smallest absolute Gasteiger partial charge is 0.183 e. The summed E-state index contributed by atoms with van der Waals surface area (Å²) in [5.74, 6) is 0.196. The van der Waals surface area contributed by atoms with Crippen molar-refractivity contribution in [3.8, 4) is 28.0 Å². The van der Waals surface area contributed by atoms with Crippen molar-refractivity contribution in [3.05, 3.63) is 55.0 Å². The van der Waals surface area contributed by atoms with E-state index in [1.165, 1.54) is 6.07 Å². The second-order valence-electron chi connectivity index (χ2n) is 8.34. The molecule has 0 radical (unpaired) electrons. The zero-order valence-corrected chi connectivity index (χ0v) is 18.9. The van der Waals surface area contributed by atoms with Gasteiger partial charge in [0.15, 0.2) is 11.4 Å². The van der Waals surface area contributed by atoms with Gasteiger partial charge in [0.2, 0.25) is 0 Å². The largest absolute Gasteiger partial charge is 0.494 e. The highest BCUT2D eigenvalue weighted by atomic mass is 19.1. The van der Waals surface area contributed by atoms with Crippen LogP contribution in [0.5, 0.6) is 5.75 Å². The van der Waals surface area contributed by atoms with Crippen LogP contribution in [0, 0.1) is 5.82 Å². The maximum atomic E-state index is 15.2. The number of fused-ring (bicyclic) bond motifs is 2. The molecule has 1 saturated heterocycles. The van der Waals surface area contributed by atoms with E-state index in [-0.39, 0.29) is 11.9 Å². The van der Waals surface area contributed by atoms with Crippen molar-refractivity contribution in [3.63, 3.8) is 0 Å². The predicted octanol–water partition coefficient (Wildman–Crippen LogP) is 4.64. The van der Waals surface area contributed by atoms with Gasteiger partial charge in [0.25, 0.3) is 0 Å². The summed E-state index contributed by atoms with van der Waals surface area (Å²) in [5.41, 5.74) is 5.73. The zero-order chi connectivity index (χ0) is 23.2. The molecule has 0 N–H and O–H groups in total. The Kier molecular flexibility index (Phi) is 4.99. The monoisotopic (exact) mass is 458 g/mol. The van der Waals surface area contributed by atoms with Crippen LogP contribution < -0.4 is 4.74 Å². The Morgan fingerprint density at radius 1 is 1.09 bits per heavy atom. The summed E-state index contributed by atoms with van der Waals surface area (Å²) in [6, 6.07) is 9.11. The van der Waals surface area contributed by atoms with Gasteiger partial charge in [-0.05, 0) is 43.2 Å². The number of methoxy groups -OCH3 is 1. The summed E-state index contributed by atoms with van der Waals surface area (Å²) in [4.78, 5) is 9.14. The van der Waals surface area contributed by atoms with Gasteiger partial charge in [0.1, 0.15) is 16.9 Å². The summed E-state index contributed by atoms with van der Waals surface area (Å²) in [5, 5.41) is 8.39. The Morgan fingerprint density at radius 3 is 2.76 bits per heavy atom. The highest BCUT2D eigenvalue weighted by Crippen LogP contribution is 2.40. The number of hydrogen-bond acceptors (Lipinski definition) is 6. The van der Waals surface area contributed by atoms with Gasteiger partial charge in [-0.3, -0.25) is 0 Å². The van der Waals surface area contributed by atoms with Crippen LogP contribution in [0.2, 0.25) is 0 Å². The van der Waals surface area contributed by atoms with Crippen molar-refractivity contribution in [1.82, 2.24) is 29.3 Å². The highest BCUT2D eigenvalue weighted by molar-refractivity contribution is 5.94. The van der Waals surface area contributed by atoms with Gasteiger partial charge in [0, 0.05) is 29.8 Å². The molecule has 1 unspecified atom stereocenters. The standard InChI is InChI=1S/C25H23FN6O2/c1-3-31-13-27-22-19(11-29-30-25(22)31)15-4-6-20(26)18(10-15)17-5-7-21-23(24(17)33-2)28-14-32(21)16-8-9-34-12-16/h4-7,10-11,13-14,16H,3,8-9,12H2,1-2H3. The van der Waals surface area contributed by atoms with Crippen molar-refractivity contribution < 1.29 is 13.9 Å². The SMILES string of the molecule is CCn1cnc2c(-c3ccc(F)c(-c4ccc5c(ncn5C5CCOC5)c4OC)c3)cnnc21. The fraction of sp³-hybridized carbons (Fsp3) is 0.280. The molecule has 0 spiro atoms. The second kappa shape index (κ2) is 8.18. The van der Waals surface area contributed by atoms with Crippen molar-refractivity contribution >= 4 is 22.2 Å². The van der Waals surface area contributed by atoms with Crippen molar-refractivity contribution in [2.75, 3.05) is 20.3 Å². The minimum Gasteiger partial charge on any atom is -0.494 e. The second-order valence-corrected chi connectivity index (χ2v) is 8.34. The number of imidazole rings is 2. The molecule has 0 saturated carbocycles. The van der Waals surface area contributed by atoms with Gasteiger partial charge in [-0.1, -0.05) is 6.07 Å². The highest BCUT2D eigenvalue weighted by Gasteiger charge is 2.23. The number of hydrogen-bond donors (Lipinski definition) is 0. The Balaban J connectivity index is 1.50. The van der Waals surface area contributed by atoms with Crippen LogP contribution >= 0.6 is 0 Å².